The average Bonchev–Trinajstić information content (AvgIpc) is 3.27. The van der Waals surface area contributed by atoms with Crippen LogP contribution < -0.4 is 5.32 Å². The molecule has 0 aromatic heterocycles. The summed E-state index contributed by atoms with van der Waals surface area (Å²) >= 11 is 0. The van der Waals surface area contributed by atoms with E-state index in [9.17, 15) is 0 Å². The Morgan fingerprint density at radius 1 is 1.17 bits per heavy atom. The fourth-order valence-electron chi connectivity index (χ4n) is 4.50. The maximum atomic E-state index is 5.66. The quantitative estimate of drug-likeness (QED) is 0.416. The molecular formula is C18H34IN3O. The molecule has 2 saturated heterocycles. The van der Waals surface area contributed by atoms with E-state index in [4.69, 9.17) is 9.73 Å². The fourth-order valence-corrected chi connectivity index (χ4v) is 4.50. The standard InChI is InChI=1S/C18H33N3O.HI/c1-3-17(7-5-6-8-17)13-20-16(19-4-2)21-11-9-18(14-21)10-12-22-15-18;/h3-15H2,1-2H3,(H,19,20);1H. The lowest BCUT2D eigenvalue weighted by Crippen LogP contribution is -2.42. The van der Waals surface area contributed by atoms with Gasteiger partial charge in [-0.15, -0.1) is 24.0 Å². The zero-order chi connectivity index (χ0) is 15.5. The van der Waals surface area contributed by atoms with Crippen LogP contribution in [-0.4, -0.2) is 50.3 Å². The Hall–Kier alpha value is -0.0400. The molecule has 2 heterocycles. The maximum absolute atomic E-state index is 5.66. The van der Waals surface area contributed by atoms with Crippen LogP contribution >= 0.6 is 24.0 Å². The lowest BCUT2D eigenvalue weighted by Gasteiger charge is -2.28. The van der Waals surface area contributed by atoms with Crippen molar-refractivity contribution in [3.8, 4) is 0 Å². The van der Waals surface area contributed by atoms with Crippen molar-refractivity contribution in [2.45, 2.75) is 58.8 Å². The predicted octanol–water partition coefficient (Wildman–Crippen LogP) is 3.65. The Labute approximate surface area is 158 Å². The number of halogens is 1. The lowest BCUT2D eigenvalue weighted by atomic mass is 9.83. The van der Waals surface area contributed by atoms with E-state index in [1.807, 2.05) is 0 Å². The first-order valence-electron chi connectivity index (χ1n) is 9.32. The van der Waals surface area contributed by atoms with Crippen LogP contribution in [0.2, 0.25) is 0 Å². The topological polar surface area (TPSA) is 36.9 Å². The molecule has 3 rings (SSSR count). The summed E-state index contributed by atoms with van der Waals surface area (Å²) in [7, 11) is 0. The molecule has 2 aliphatic heterocycles. The maximum Gasteiger partial charge on any atom is 0.193 e. The van der Waals surface area contributed by atoms with Gasteiger partial charge in [0.2, 0.25) is 0 Å². The van der Waals surface area contributed by atoms with Crippen LogP contribution in [0.15, 0.2) is 4.99 Å². The summed E-state index contributed by atoms with van der Waals surface area (Å²) in [6, 6.07) is 0. The zero-order valence-electron chi connectivity index (χ0n) is 14.9. The van der Waals surface area contributed by atoms with Crippen molar-refractivity contribution in [2.75, 3.05) is 39.4 Å². The molecule has 1 unspecified atom stereocenters. The molecule has 0 amide bonds. The number of rotatable bonds is 4. The van der Waals surface area contributed by atoms with Crippen LogP contribution in [0.3, 0.4) is 0 Å². The van der Waals surface area contributed by atoms with Gasteiger partial charge in [0.05, 0.1) is 6.61 Å². The number of guanidine groups is 1. The molecule has 1 aliphatic carbocycles. The molecule has 3 fully saturated rings. The SMILES string of the molecule is CCNC(=NCC1(CC)CCCC1)N1CCC2(CCOC2)C1.I. The summed E-state index contributed by atoms with van der Waals surface area (Å²) in [5, 5.41) is 3.53. The molecule has 23 heavy (non-hydrogen) atoms. The van der Waals surface area contributed by atoms with Crippen molar-refractivity contribution in [1.29, 1.82) is 0 Å². The van der Waals surface area contributed by atoms with Gasteiger partial charge in [-0.05, 0) is 44.4 Å². The Bertz CT molecular complexity index is 401. The summed E-state index contributed by atoms with van der Waals surface area (Å²) < 4.78 is 5.66. The summed E-state index contributed by atoms with van der Waals surface area (Å²) in [6.45, 7) is 10.6. The normalized spacial score (nSPS) is 30.0. The number of nitrogens with zero attached hydrogens (tertiary/aromatic N) is 2. The van der Waals surface area contributed by atoms with Gasteiger partial charge in [-0.3, -0.25) is 4.99 Å². The number of hydrogen-bond acceptors (Lipinski definition) is 2. The molecule has 0 bridgehead atoms. The Morgan fingerprint density at radius 2 is 1.96 bits per heavy atom. The van der Waals surface area contributed by atoms with E-state index in [2.05, 4.69) is 24.1 Å². The molecule has 1 N–H and O–H groups in total. The Balaban J connectivity index is 0.00000192. The van der Waals surface area contributed by atoms with Gasteiger partial charge < -0.3 is 15.0 Å². The Kier molecular flexibility index (Phi) is 7.01. The molecule has 3 aliphatic rings. The van der Waals surface area contributed by atoms with E-state index < -0.39 is 0 Å². The minimum atomic E-state index is 0. The molecule has 0 aromatic carbocycles. The third-order valence-corrected chi connectivity index (χ3v) is 6.24. The first kappa shape index (κ1) is 19.3. The monoisotopic (exact) mass is 435 g/mol. The van der Waals surface area contributed by atoms with Gasteiger partial charge in [0.1, 0.15) is 0 Å². The van der Waals surface area contributed by atoms with E-state index in [1.165, 1.54) is 44.9 Å². The van der Waals surface area contributed by atoms with Crippen LogP contribution in [0, 0.1) is 10.8 Å². The lowest BCUT2D eigenvalue weighted by molar-refractivity contribution is 0.156. The van der Waals surface area contributed by atoms with Crippen molar-refractivity contribution in [1.82, 2.24) is 10.2 Å². The highest BCUT2D eigenvalue weighted by Crippen LogP contribution is 2.41. The minimum Gasteiger partial charge on any atom is -0.381 e. The predicted molar refractivity (Wildman–Crippen MR) is 107 cm³/mol. The van der Waals surface area contributed by atoms with E-state index >= 15 is 0 Å². The molecular weight excluding hydrogens is 401 g/mol. The van der Waals surface area contributed by atoms with Gasteiger partial charge in [0.15, 0.2) is 5.96 Å². The molecule has 0 aromatic rings. The molecule has 1 saturated carbocycles. The van der Waals surface area contributed by atoms with Gasteiger partial charge >= 0.3 is 0 Å². The second-order valence-corrected chi connectivity index (χ2v) is 7.70. The third kappa shape index (κ3) is 4.33. The van der Waals surface area contributed by atoms with E-state index in [0.29, 0.717) is 10.8 Å². The van der Waals surface area contributed by atoms with Gasteiger partial charge in [0, 0.05) is 38.2 Å². The van der Waals surface area contributed by atoms with Gasteiger partial charge in [-0.25, -0.2) is 0 Å². The van der Waals surface area contributed by atoms with Crippen molar-refractivity contribution < 1.29 is 4.74 Å². The van der Waals surface area contributed by atoms with Gasteiger partial charge in [0.25, 0.3) is 0 Å². The molecule has 4 nitrogen and oxygen atoms in total. The number of nitrogens with one attached hydrogen (secondary N) is 1. The summed E-state index contributed by atoms with van der Waals surface area (Å²) in [6.07, 6.45) is 9.27. The first-order valence-corrected chi connectivity index (χ1v) is 9.32. The second-order valence-electron chi connectivity index (χ2n) is 7.70. The van der Waals surface area contributed by atoms with E-state index in [1.54, 1.807) is 0 Å². The van der Waals surface area contributed by atoms with Crippen LogP contribution in [0.1, 0.15) is 58.8 Å². The van der Waals surface area contributed by atoms with Crippen LogP contribution in [-0.2, 0) is 4.74 Å². The highest BCUT2D eigenvalue weighted by atomic mass is 127. The molecule has 1 spiro atoms. The Morgan fingerprint density at radius 3 is 2.57 bits per heavy atom. The van der Waals surface area contributed by atoms with Crippen molar-refractivity contribution in [3.05, 3.63) is 0 Å². The third-order valence-electron chi connectivity index (χ3n) is 6.24. The summed E-state index contributed by atoms with van der Waals surface area (Å²) in [4.78, 5) is 7.55. The van der Waals surface area contributed by atoms with E-state index in [-0.39, 0.29) is 24.0 Å². The number of likely N-dealkylation sites (tertiary alicyclic amines) is 1. The molecule has 134 valence electrons. The van der Waals surface area contributed by atoms with Crippen LogP contribution in [0.4, 0.5) is 0 Å². The van der Waals surface area contributed by atoms with Crippen molar-refractivity contribution in [2.24, 2.45) is 15.8 Å². The largest absolute Gasteiger partial charge is 0.381 e. The zero-order valence-corrected chi connectivity index (χ0v) is 17.2. The summed E-state index contributed by atoms with van der Waals surface area (Å²) in [5.41, 5.74) is 0.889. The molecule has 0 radical (unpaired) electrons. The number of aliphatic imine (C=N–C) groups is 1. The van der Waals surface area contributed by atoms with Crippen LogP contribution in [0.5, 0.6) is 0 Å². The van der Waals surface area contributed by atoms with Gasteiger partial charge in [-0.2, -0.15) is 0 Å². The van der Waals surface area contributed by atoms with E-state index in [0.717, 1.165) is 45.4 Å². The molecule has 1 atom stereocenters. The van der Waals surface area contributed by atoms with Crippen molar-refractivity contribution in [3.63, 3.8) is 0 Å². The summed E-state index contributed by atoms with van der Waals surface area (Å²) in [5.74, 6) is 1.14. The average molecular weight is 435 g/mol. The minimum absolute atomic E-state index is 0. The first-order chi connectivity index (χ1) is 10.7. The van der Waals surface area contributed by atoms with Gasteiger partial charge in [-0.1, -0.05) is 19.8 Å². The molecule has 5 heteroatoms. The number of hydrogen-bond donors (Lipinski definition) is 1. The number of ether oxygens (including phenoxy) is 1. The second kappa shape index (κ2) is 8.37. The fraction of sp³-hybridized carbons (Fsp3) is 0.944. The highest BCUT2D eigenvalue weighted by molar-refractivity contribution is 14.0. The smallest absolute Gasteiger partial charge is 0.193 e. The highest BCUT2D eigenvalue weighted by Gasteiger charge is 2.42. The van der Waals surface area contributed by atoms with Crippen molar-refractivity contribution >= 4 is 29.9 Å². The van der Waals surface area contributed by atoms with Crippen LogP contribution in [0.25, 0.3) is 0 Å².